The highest BCUT2D eigenvalue weighted by Gasteiger charge is 2.26. The number of carbonyl (C=O) groups is 1. The van der Waals surface area contributed by atoms with Crippen LogP contribution in [0.4, 0.5) is 14.5 Å². The number of nitrogens with two attached hydrogens (primary N) is 2. The van der Waals surface area contributed by atoms with Crippen LogP contribution in [0.2, 0.25) is 0 Å². The van der Waals surface area contributed by atoms with Gasteiger partial charge in [0.25, 0.3) is 0 Å². The molecule has 0 bridgehead atoms. The van der Waals surface area contributed by atoms with Crippen molar-refractivity contribution in [2.45, 2.75) is 18.6 Å². The molecule has 0 aromatic heterocycles. The fourth-order valence-electron chi connectivity index (χ4n) is 1.40. The Kier molecular flexibility index (Phi) is 3.97. The van der Waals surface area contributed by atoms with E-state index in [9.17, 15) is 23.8 Å². The zero-order valence-electron chi connectivity index (χ0n) is 8.73. The van der Waals surface area contributed by atoms with Gasteiger partial charge in [0.1, 0.15) is 17.7 Å². The second-order valence-electron chi connectivity index (χ2n) is 3.58. The van der Waals surface area contributed by atoms with Gasteiger partial charge in [-0.2, -0.15) is 0 Å². The molecule has 1 aromatic carbocycles. The summed E-state index contributed by atoms with van der Waals surface area (Å²) in [4.78, 5) is 10.5. The number of rotatable bonds is 4. The lowest BCUT2D eigenvalue weighted by Crippen LogP contribution is -2.27. The fourth-order valence-corrected chi connectivity index (χ4v) is 1.40. The fraction of sp³-hybridized carbons (Fsp3) is 0.300. The number of hydrogen-bond acceptors (Lipinski definition) is 4. The van der Waals surface area contributed by atoms with E-state index in [1.54, 1.807) is 0 Å². The Morgan fingerprint density at radius 3 is 2.18 bits per heavy atom. The van der Waals surface area contributed by atoms with Gasteiger partial charge in [-0.25, -0.2) is 8.78 Å². The predicted octanol–water partition coefficient (Wildman–Crippen LogP) is -0.183. The SMILES string of the molecule is NC(=O)CC(O)C(O)c1c(F)cc(N)cc1F. The Morgan fingerprint density at radius 2 is 1.76 bits per heavy atom. The first kappa shape index (κ1) is 13.3. The number of hydrogen-bond donors (Lipinski definition) is 4. The van der Waals surface area contributed by atoms with Crippen molar-refractivity contribution in [3.8, 4) is 0 Å². The van der Waals surface area contributed by atoms with E-state index in [1.807, 2.05) is 0 Å². The van der Waals surface area contributed by atoms with Gasteiger partial charge >= 0.3 is 0 Å². The number of aliphatic hydroxyl groups is 2. The van der Waals surface area contributed by atoms with Crippen LogP contribution in [0.5, 0.6) is 0 Å². The van der Waals surface area contributed by atoms with Crippen LogP contribution in [-0.2, 0) is 4.79 Å². The summed E-state index contributed by atoms with van der Waals surface area (Å²) in [6.45, 7) is 0. The Morgan fingerprint density at radius 1 is 1.29 bits per heavy atom. The van der Waals surface area contributed by atoms with E-state index in [0.717, 1.165) is 12.1 Å². The molecule has 5 nitrogen and oxygen atoms in total. The van der Waals surface area contributed by atoms with E-state index in [-0.39, 0.29) is 5.69 Å². The van der Waals surface area contributed by atoms with Gasteiger partial charge in [0.05, 0.1) is 18.1 Å². The standard InChI is InChI=1S/C10H12F2N2O3/c11-5-1-4(13)2-6(12)9(5)10(17)7(15)3-8(14)16/h1-2,7,10,15,17H,3,13H2,(H2,14,16). The highest BCUT2D eigenvalue weighted by molar-refractivity contribution is 5.74. The number of aliphatic hydroxyl groups excluding tert-OH is 2. The van der Waals surface area contributed by atoms with Crippen LogP contribution in [0, 0.1) is 11.6 Å². The van der Waals surface area contributed by atoms with Gasteiger partial charge < -0.3 is 21.7 Å². The van der Waals surface area contributed by atoms with Crippen molar-refractivity contribution in [3.05, 3.63) is 29.3 Å². The van der Waals surface area contributed by atoms with E-state index in [2.05, 4.69) is 0 Å². The quantitative estimate of drug-likeness (QED) is 0.552. The maximum absolute atomic E-state index is 13.4. The molecule has 0 radical (unpaired) electrons. The molecule has 0 aliphatic carbocycles. The zero-order chi connectivity index (χ0) is 13.2. The van der Waals surface area contributed by atoms with E-state index in [1.165, 1.54) is 0 Å². The number of primary amides is 1. The molecule has 0 saturated heterocycles. The monoisotopic (exact) mass is 246 g/mol. The lowest BCUT2D eigenvalue weighted by atomic mass is 10.0. The molecule has 0 aliphatic rings. The highest BCUT2D eigenvalue weighted by Crippen LogP contribution is 2.26. The summed E-state index contributed by atoms with van der Waals surface area (Å²) in [6.07, 6.45) is -4.17. The van der Waals surface area contributed by atoms with Gasteiger partial charge in [-0.1, -0.05) is 0 Å². The molecule has 2 unspecified atom stereocenters. The van der Waals surface area contributed by atoms with Crippen LogP contribution in [0.15, 0.2) is 12.1 Å². The molecule has 0 spiro atoms. The third-order valence-electron chi connectivity index (χ3n) is 2.17. The number of anilines is 1. The molecule has 7 heteroatoms. The molecule has 1 amide bonds. The van der Waals surface area contributed by atoms with Gasteiger partial charge in [0.15, 0.2) is 0 Å². The van der Waals surface area contributed by atoms with Crippen molar-refractivity contribution in [3.63, 3.8) is 0 Å². The van der Waals surface area contributed by atoms with Gasteiger partial charge in [-0.05, 0) is 12.1 Å². The Labute approximate surface area is 95.7 Å². The van der Waals surface area contributed by atoms with Crippen LogP contribution >= 0.6 is 0 Å². The molecule has 94 valence electrons. The minimum atomic E-state index is -1.89. The lowest BCUT2D eigenvalue weighted by molar-refractivity contribution is -0.121. The van der Waals surface area contributed by atoms with Crippen molar-refractivity contribution in [2.24, 2.45) is 5.73 Å². The van der Waals surface area contributed by atoms with Crippen molar-refractivity contribution in [1.82, 2.24) is 0 Å². The van der Waals surface area contributed by atoms with Crippen molar-refractivity contribution in [2.75, 3.05) is 5.73 Å². The van der Waals surface area contributed by atoms with Crippen LogP contribution in [0.3, 0.4) is 0 Å². The largest absolute Gasteiger partial charge is 0.399 e. The van der Waals surface area contributed by atoms with Crippen molar-refractivity contribution < 1.29 is 23.8 Å². The summed E-state index contributed by atoms with van der Waals surface area (Å²) in [5, 5.41) is 18.9. The summed E-state index contributed by atoms with van der Waals surface area (Å²) in [6, 6.07) is 1.61. The molecule has 1 rings (SSSR count). The topological polar surface area (TPSA) is 110 Å². The molecule has 6 N–H and O–H groups in total. The summed E-state index contributed by atoms with van der Waals surface area (Å²) < 4.78 is 26.7. The van der Waals surface area contributed by atoms with Gasteiger partial charge in [-0.15, -0.1) is 0 Å². The molecule has 0 aliphatic heterocycles. The maximum atomic E-state index is 13.4. The second kappa shape index (κ2) is 5.07. The third kappa shape index (κ3) is 3.11. The summed E-state index contributed by atoms with van der Waals surface area (Å²) in [7, 11) is 0. The van der Waals surface area contributed by atoms with E-state index in [0.29, 0.717) is 0 Å². The molecular formula is C10H12F2N2O3. The van der Waals surface area contributed by atoms with Crippen LogP contribution < -0.4 is 11.5 Å². The number of halogens is 2. The first-order valence-electron chi connectivity index (χ1n) is 4.71. The predicted molar refractivity (Wildman–Crippen MR) is 55.5 cm³/mol. The molecule has 0 saturated carbocycles. The number of amides is 1. The molecule has 17 heavy (non-hydrogen) atoms. The minimum absolute atomic E-state index is 0.152. The first-order valence-corrected chi connectivity index (χ1v) is 4.71. The second-order valence-corrected chi connectivity index (χ2v) is 3.58. The van der Waals surface area contributed by atoms with Gasteiger partial charge in [0, 0.05) is 5.69 Å². The number of carbonyl (C=O) groups excluding carboxylic acids is 1. The smallest absolute Gasteiger partial charge is 0.220 e. The number of nitrogen functional groups attached to an aromatic ring is 1. The summed E-state index contributed by atoms with van der Waals surface area (Å²) in [5.41, 5.74) is 9.08. The minimum Gasteiger partial charge on any atom is -0.399 e. The molecule has 1 aromatic rings. The lowest BCUT2D eigenvalue weighted by Gasteiger charge is -2.18. The third-order valence-corrected chi connectivity index (χ3v) is 2.17. The van der Waals surface area contributed by atoms with Crippen LogP contribution in [-0.4, -0.2) is 22.2 Å². The molecule has 0 fully saturated rings. The van der Waals surface area contributed by atoms with Gasteiger partial charge in [0.2, 0.25) is 5.91 Å². The Bertz CT molecular complexity index is 417. The average molecular weight is 246 g/mol. The maximum Gasteiger partial charge on any atom is 0.220 e. The van der Waals surface area contributed by atoms with E-state index >= 15 is 0 Å². The van der Waals surface area contributed by atoms with Crippen LogP contribution in [0.25, 0.3) is 0 Å². The van der Waals surface area contributed by atoms with Crippen molar-refractivity contribution >= 4 is 11.6 Å². The highest BCUT2D eigenvalue weighted by atomic mass is 19.1. The summed E-state index contributed by atoms with van der Waals surface area (Å²) in [5.74, 6) is -3.09. The molecule has 0 heterocycles. The Balaban J connectivity index is 3.03. The van der Waals surface area contributed by atoms with E-state index < -0.39 is 41.7 Å². The van der Waals surface area contributed by atoms with Crippen LogP contribution in [0.1, 0.15) is 18.1 Å². The first-order chi connectivity index (χ1) is 7.82. The number of benzene rings is 1. The molecule has 2 atom stereocenters. The zero-order valence-corrected chi connectivity index (χ0v) is 8.73. The van der Waals surface area contributed by atoms with Crippen molar-refractivity contribution in [1.29, 1.82) is 0 Å². The summed E-state index contributed by atoms with van der Waals surface area (Å²) >= 11 is 0. The van der Waals surface area contributed by atoms with Gasteiger partial charge in [-0.3, -0.25) is 4.79 Å². The molecular weight excluding hydrogens is 234 g/mol. The van der Waals surface area contributed by atoms with E-state index in [4.69, 9.17) is 11.5 Å². The normalized spacial score (nSPS) is 14.4. The Hall–Kier alpha value is -1.73. The average Bonchev–Trinajstić information content (AvgIpc) is 2.14.